The summed E-state index contributed by atoms with van der Waals surface area (Å²) in [6.07, 6.45) is 0.936. The molecule has 1 aromatic rings. The molecule has 1 amide bonds. The van der Waals surface area contributed by atoms with Gasteiger partial charge < -0.3 is 5.32 Å². The van der Waals surface area contributed by atoms with Crippen LogP contribution in [-0.2, 0) is 5.41 Å². The predicted molar refractivity (Wildman–Crippen MR) is 80.5 cm³/mol. The Morgan fingerprint density at radius 3 is 2.28 bits per heavy atom. The van der Waals surface area contributed by atoms with Crippen LogP contribution in [0.3, 0.4) is 0 Å². The smallest absolute Gasteiger partial charge is 0.251 e. The molecule has 1 aromatic carbocycles. The van der Waals surface area contributed by atoms with E-state index in [9.17, 15) is 4.79 Å². The first-order chi connectivity index (χ1) is 8.34. The molecule has 0 saturated heterocycles. The third-order valence-corrected chi connectivity index (χ3v) is 3.39. The molecule has 0 radical (unpaired) electrons. The van der Waals surface area contributed by atoms with E-state index in [0.717, 1.165) is 17.3 Å². The predicted octanol–water partition coefficient (Wildman–Crippen LogP) is 3.89. The van der Waals surface area contributed by atoms with Gasteiger partial charge in [-0.1, -0.05) is 48.8 Å². The number of nitrogens with one attached hydrogen (secondary N) is 1. The Kier molecular flexibility index (Phi) is 5.39. The molecule has 0 spiro atoms. The molecule has 100 valence electrons. The summed E-state index contributed by atoms with van der Waals surface area (Å²) in [5, 5.41) is 3.89. The third kappa shape index (κ3) is 4.45. The first-order valence-corrected chi connectivity index (χ1v) is 7.44. The van der Waals surface area contributed by atoms with Crippen LogP contribution >= 0.6 is 15.9 Å². The van der Waals surface area contributed by atoms with Gasteiger partial charge in [-0.2, -0.15) is 0 Å². The van der Waals surface area contributed by atoms with Gasteiger partial charge in [0.2, 0.25) is 0 Å². The fourth-order valence-electron chi connectivity index (χ4n) is 1.66. The van der Waals surface area contributed by atoms with E-state index in [1.54, 1.807) is 0 Å². The summed E-state index contributed by atoms with van der Waals surface area (Å²) in [6, 6.07) is 8.06. The fraction of sp³-hybridized carbons (Fsp3) is 0.533. The molecule has 0 fully saturated rings. The second-order valence-electron chi connectivity index (χ2n) is 5.68. The maximum Gasteiger partial charge on any atom is 0.251 e. The van der Waals surface area contributed by atoms with Crippen LogP contribution in [0.4, 0.5) is 0 Å². The number of alkyl halides is 1. The Morgan fingerprint density at radius 2 is 1.83 bits per heavy atom. The lowest BCUT2D eigenvalue weighted by molar-refractivity contribution is 0.0939. The lowest BCUT2D eigenvalue weighted by atomic mass is 9.86. The van der Waals surface area contributed by atoms with Crippen LogP contribution in [0.2, 0.25) is 0 Å². The Hall–Kier alpha value is -0.830. The normalized spacial score (nSPS) is 13.2. The van der Waals surface area contributed by atoms with Gasteiger partial charge in [0.15, 0.2) is 0 Å². The lowest BCUT2D eigenvalue weighted by Gasteiger charge is -2.19. The number of hydrogen-bond acceptors (Lipinski definition) is 1. The number of carbonyl (C=O) groups excluding carboxylic acids is 1. The van der Waals surface area contributed by atoms with Crippen molar-refractivity contribution in [3.8, 4) is 0 Å². The van der Waals surface area contributed by atoms with Gasteiger partial charge in [-0.3, -0.25) is 4.79 Å². The zero-order valence-electron chi connectivity index (χ0n) is 11.6. The highest BCUT2D eigenvalue weighted by atomic mass is 79.9. The maximum atomic E-state index is 12.0. The van der Waals surface area contributed by atoms with Gasteiger partial charge in [-0.05, 0) is 36.5 Å². The van der Waals surface area contributed by atoms with Gasteiger partial charge in [0.1, 0.15) is 0 Å². The number of halogens is 1. The van der Waals surface area contributed by atoms with Crippen molar-refractivity contribution in [3.05, 3.63) is 35.4 Å². The molecule has 18 heavy (non-hydrogen) atoms. The minimum Gasteiger partial charge on any atom is -0.350 e. The van der Waals surface area contributed by atoms with Crippen molar-refractivity contribution >= 4 is 21.8 Å². The molecule has 0 aliphatic heterocycles. The second-order valence-corrected chi connectivity index (χ2v) is 6.47. The molecule has 0 aliphatic carbocycles. The Labute approximate surface area is 118 Å². The number of amides is 1. The van der Waals surface area contributed by atoms with Gasteiger partial charge in [0.05, 0.1) is 0 Å². The largest absolute Gasteiger partial charge is 0.350 e. The third-order valence-electron chi connectivity index (χ3n) is 2.93. The van der Waals surface area contributed by atoms with Crippen molar-refractivity contribution in [2.45, 2.75) is 45.6 Å². The number of carbonyl (C=O) groups is 1. The lowest BCUT2D eigenvalue weighted by Crippen LogP contribution is -2.32. The Morgan fingerprint density at radius 1 is 1.28 bits per heavy atom. The average Bonchev–Trinajstić information content (AvgIpc) is 2.28. The van der Waals surface area contributed by atoms with Crippen LogP contribution in [-0.4, -0.2) is 17.3 Å². The molecule has 2 nitrogen and oxygen atoms in total. The molecule has 1 atom stereocenters. The second kappa shape index (κ2) is 6.37. The highest BCUT2D eigenvalue weighted by molar-refractivity contribution is 9.09. The molecular formula is C15H22BrNO. The zero-order valence-corrected chi connectivity index (χ0v) is 13.2. The number of rotatable bonds is 4. The highest BCUT2D eigenvalue weighted by Crippen LogP contribution is 2.22. The van der Waals surface area contributed by atoms with Crippen molar-refractivity contribution < 1.29 is 4.79 Å². The van der Waals surface area contributed by atoms with E-state index in [0.29, 0.717) is 0 Å². The van der Waals surface area contributed by atoms with Crippen molar-refractivity contribution in [2.24, 2.45) is 0 Å². The van der Waals surface area contributed by atoms with Crippen LogP contribution in [0.1, 0.15) is 50.0 Å². The zero-order chi connectivity index (χ0) is 13.8. The fourth-order valence-corrected chi connectivity index (χ4v) is 2.35. The van der Waals surface area contributed by atoms with Crippen molar-refractivity contribution in [2.75, 3.05) is 5.33 Å². The van der Waals surface area contributed by atoms with Gasteiger partial charge >= 0.3 is 0 Å². The van der Waals surface area contributed by atoms with Crippen LogP contribution in [0.5, 0.6) is 0 Å². The summed E-state index contributed by atoms with van der Waals surface area (Å²) < 4.78 is 0. The first-order valence-electron chi connectivity index (χ1n) is 6.32. The molecular weight excluding hydrogens is 290 g/mol. The number of benzene rings is 1. The van der Waals surface area contributed by atoms with E-state index in [1.165, 1.54) is 5.56 Å². The molecule has 0 saturated carbocycles. The average molecular weight is 312 g/mol. The molecule has 1 N–H and O–H groups in total. The van der Waals surface area contributed by atoms with E-state index in [2.05, 4.69) is 42.0 Å². The van der Waals surface area contributed by atoms with Gasteiger partial charge in [0.25, 0.3) is 5.91 Å². The monoisotopic (exact) mass is 311 g/mol. The van der Waals surface area contributed by atoms with Gasteiger partial charge in [-0.15, -0.1) is 0 Å². The summed E-state index contributed by atoms with van der Waals surface area (Å²) in [4.78, 5) is 12.0. The molecule has 1 unspecified atom stereocenters. The molecule has 0 aliphatic rings. The topological polar surface area (TPSA) is 29.1 Å². The summed E-state index contributed by atoms with van der Waals surface area (Å²) in [7, 11) is 0. The van der Waals surface area contributed by atoms with E-state index in [4.69, 9.17) is 0 Å². The van der Waals surface area contributed by atoms with Crippen LogP contribution in [0.15, 0.2) is 24.3 Å². The minimum atomic E-state index is 0.00362. The summed E-state index contributed by atoms with van der Waals surface area (Å²) in [5.41, 5.74) is 2.09. The maximum absolute atomic E-state index is 12.0. The van der Waals surface area contributed by atoms with Crippen molar-refractivity contribution in [3.63, 3.8) is 0 Å². The Balaban J connectivity index is 2.71. The van der Waals surface area contributed by atoms with Crippen LogP contribution < -0.4 is 5.32 Å². The van der Waals surface area contributed by atoms with E-state index < -0.39 is 0 Å². The Bertz CT molecular complexity index is 392. The SMILES string of the molecule is CC(CCBr)NC(=O)c1ccc(C(C)(C)C)cc1. The summed E-state index contributed by atoms with van der Waals surface area (Å²) in [6.45, 7) is 8.52. The highest BCUT2D eigenvalue weighted by Gasteiger charge is 2.14. The number of hydrogen-bond donors (Lipinski definition) is 1. The molecule has 0 bridgehead atoms. The molecule has 0 heterocycles. The van der Waals surface area contributed by atoms with Crippen molar-refractivity contribution in [1.29, 1.82) is 0 Å². The summed E-state index contributed by atoms with van der Waals surface area (Å²) >= 11 is 3.38. The molecule has 3 heteroatoms. The van der Waals surface area contributed by atoms with E-state index in [-0.39, 0.29) is 17.4 Å². The first kappa shape index (κ1) is 15.2. The molecule has 1 rings (SSSR count). The van der Waals surface area contributed by atoms with Crippen LogP contribution in [0, 0.1) is 0 Å². The van der Waals surface area contributed by atoms with E-state index >= 15 is 0 Å². The quantitative estimate of drug-likeness (QED) is 0.840. The van der Waals surface area contributed by atoms with Crippen LogP contribution in [0.25, 0.3) is 0 Å². The molecule has 0 aromatic heterocycles. The summed E-state index contributed by atoms with van der Waals surface area (Å²) in [5.74, 6) is 0.00362. The van der Waals surface area contributed by atoms with Crippen molar-refractivity contribution in [1.82, 2.24) is 5.32 Å². The minimum absolute atomic E-state index is 0.00362. The van der Waals surface area contributed by atoms with Gasteiger partial charge in [-0.25, -0.2) is 0 Å². The van der Waals surface area contributed by atoms with Gasteiger partial charge in [0, 0.05) is 16.9 Å². The van der Waals surface area contributed by atoms with E-state index in [1.807, 2.05) is 31.2 Å². The standard InChI is InChI=1S/C15H22BrNO/c1-11(9-10-16)17-14(18)12-5-7-13(8-6-12)15(2,3)4/h5-8,11H,9-10H2,1-4H3,(H,17,18).